The highest BCUT2D eigenvalue weighted by atomic mass is 19.3. The molecule has 0 bridgehead atoms. The number of alkyl halides is 2. The molecule has 0 aliphatic heterocycles. The number of hydrogen-bond acceptors (Lipinski definition) is 3. The molecule has 7 heteroatoms. The molecule has 0 aromatic carbocycles. The van der Waals surface area contributed by atoms with Crippen LogP contribution in [0, 0.1) is 0 Å². The monoisotopic (exact) mass is 273 g/mol. The van der Waals surface area contributed by atoms with Gasteiger partial charge in [0.1, 0.15) is 5.60 Å². The summed E-state index contributed by atoms with van der Waals surface area (Å²) >= 11 is 0. The van der Waals surface area contributed by atoms with Gasteiger partial charge >= 0.3 is 0 Å². The van der Waals surface area contributed by atoms with E-state index in [-0.39, 0.29) is 18.4 Å². The van der Waals surface area contributed by atoms with Gasteiger partial charge < -0.3 is 10.4 Å². The van der Waals surface area contributed by atoms with Gasteiger partial charge in [0.15, 0.2) is 0 Å². The first-order valence-corrected chi connectivity index (χ1v) is 6.32. The lowest BCUT2D eigenvalue weighted by atomic mass is 9.80. The van der Waals surface area contributed by atoms with E-state index >= 15 is 0 Å². The van der Waals surface area contributed by atoms with Crippen LogP contribution >= 0.6 is 0 Å². The van der Waals surface area contributed by atoms with Crippen molar-refractivity contribution < 1.29 is 18.7 Å². The van der Waals surface area contributed by atoms with Crippen LogP contribution in [-0.4, -0.2) is 39.3 Å². The maximum Gasteiger partial charge on any atom is 0.293 e. The van der Waals surface area contributed by atoms with Gasteiger partial charge in [-0.25, -0.2) is 8.78 Å². The standard InChI is InChI=1S/C12H17F2N3O2/c13-12(14,11(19)4-2-1-3-5-11)8-15-10(18)9-6-16-17-7-9/h6-7,19H,1-5,8H2,(H,15,18)(H,16,17). The fraction of sp³-hybridized carbons (Fsp3) is 0.667. The number of hydrogen-bond donors (Lipinski definition) is 3. The van der Waals surface area contributed by atoms with Crippen LogP contribution in [0.15, 0.2) is 12.4 Å². The van der Waals surface area contributed by atoms with Crippen molar-refractivity contribution in [3.63, 3.8) is 0 Å². The summed E-state index contributed by atoms with van der Waals surface area (Å²) in [7, 11) is 0. The molecule has 5 nitrogen and oxygen atoms in total. The fourth-order valence-electron chi connectivity index (χ4n) is 2.34. The highest BCUT2D eigenvalue weighted by molar-refractivity contribution is 5.93. The smallest absolute Gasteiger partial charge is 0.293 e. The molecular weight excluding hydrogens is 256 g/mol. The van der Waals surface area contributed by atoms with Gasteiger partial charge in [-0.3, -0.25) is 9.89 Å². The number of aromatic nitrogens is 2. The van der Waals surface area contributed by atoms with Crippen LogP contribution in [-0.2, 0) is 0 Å². The van der Waals surface area contributed by atoms with Crippen LogP contribution in [0.4, 0.5) is 8.78 Å². The van der Waals surface area contributed by atoms with E-state index < -0.39 is 24.0 Å². The summed E-state index contributed by atoms with van der Waals surface area (Å²) in [6, 6.07) is 0. The summed E-state index contributed by atoms with van der Waals surface area (Å²) in [5, 5.41) is 18.2. The quantitative estimate of drug-likeness (QED) is 0.777. The van der Waals surface area contributed by atoms with Crippen molar-refractivity contribution in [1.82, 2.24) is 15.5 Å². The lowest BCUT2D eigenvalue weighted by Crippen LogP contribution is -2.55. The van der Waals surface area contributed by atoms with Crippen LogP contribution in [0.1, 0.15) is 42.5 Å². The summed E-state index contributed by atoms with van der Waals surface area (Å²) < 4.78 is 28.0. The lowest BCUT2D eigenvalue weighted by Gasteiger charge is -2.38. The Hall–Kier alpha value is -1.50. The Kier molecular flexibility index (Phi) is 3.84. The first-order valence-electron chi connectivity index (χ1n) is 6.32. The fourth-order valence-corrected chi connectivity index (χ4v) is 2.34. The van der Waals surface area contributed by atoms with E-state index in [0.29, 0.717) is 12.8 Å². The number of carbonyl (C=O) groups is 1. The number of aromatic amines is 1. The Bertz CT molecular complexity index is 428. The van der Waals surface area contributed by atoms with Crippen molar-refractivity contribution in [2.24, 2.45) is 0 Å². The van der Waals surface area contributed by atoms with Crippen molar-refractivity contribution in [2.75, 3.05) is 6.54 Å². The van der Waals surface area contributed by atoms with E-state index in [0.717, 1.165) is 6.42 Å². The molecule has 1 fully saturated rings. The molecule has 1 aliphatic carbocycles. The van der Waals surface area contributed by atoms with Gasteiger partial charge in [0, 0.05) is 6.20 Å². The number of nitrogens with one attached hydrogen (secondary N) is 2. The molecule has 1 amide bonds. The molecule has 0 saturated heterocycles. The second-order valence-electron chi connectivity index (χ2n) is 4.97. The normalized spacial score (nSPS) is 19.1. The van der Waals surface area contributed by atoms with Crippen LogP contribution in [0.2, 0.25) is 0 Å². The molecule has 0 spiro atoms. The van der Waals surface area contributed by atoms with Gasteiger partial charge in [-0.1, -0.05) is 19.3 Å². The van der Waals surface area contributed by atoms with Crippen LogP contribution in [0.25, 0.3) is 0 Å². The highest BCUT2D eigenvalue weighted by Gasteiger charge is 2.52. The molecule has 1 saturated carbocycles. The third-order valence-electron chi connectivity index (χ3n) is 3.59. The molecule has 0 atom stereocenters. The Balaban J connectivity index is 1.95. The van der Waals surface area contributed by atoms with E-state index in [1.54, 1.807) is 0 Å². The molecular formula is C12H17F2N3O2. The Morgan fingerprint density at radius 1 is 1.47 bits per heavy atom. The zero-order chi connectivity index (χ0) is 13.9. The van der Waals surface area contributed by atoms with E-state index in [1.807, 2.05) is 0 Å². The number of carbonyl (C=O) groups excluding carboxylic acids is 1. The second kappa shape index (κ2) is 5.24. The molecule has 0 unspecified atom stereocenters. The number of halogens is 2. The molecule has 1 aromatic rings. The molecule has 1 aliphatic rings. The molecule has 106 valence electrons. The van der Waals surface area contributed by atoms with Gasteiger partial charge in [0.05, 0.1) is 18.3 Å². The molecule has 19 heavy (non-hydrogen) atoms. The SMILES string of the molecule is O=C(NCC(F)(F)C1(O)CCCCC1)c1cn[nH]c1. The number of amides is 1. The van der Waals surface area contributed by atoms with E-state index in [9.17, 15) is 18.7 Å². The topological polar surface area (TPSA) is 78.0 Å². The minimum atomic E-state index is -3.33. The maximum atomic E-state index is 14.0. The minimum Gasteiger partial charge on any atom is -0.384 e. The maximum absolute atomic E-state index is 14.0. The minimum absolute atomic E-state index is 0.0710. The van der Waals surface area contributed by atoms with Crippen molar-refractivity contribution in [2.45, 2.75) is 43.6 Å². The number of nitrogens with zero attached hydrogens (tertiary/aromatic N) is 1. The predicted octanol–water partition coefficient (Wildman–Crippen LogP) is 1.47. The summed E-state index contributed by atoms with van der Waals surface area (Å²) in [5.41, 5.74) is -1.82. The summed E-state index contributed by atoms with van der Waals surface area (Å²) in [6.45, 7) is -0.868. The number of aliphatic hydroxyl groups is 1. The Labute approximate surface area is 109 Å². The third kappa shape index (κ3) is 2.91. The zero-order valence-corrected chi connectivity index (χ0v) is 10.5. The van der Waals surface area contributed by atoms with Gasteiger partial charge in [-0.05, 0) is 12.8 Å². The number of H-pyrrole nitrogens is 1. The zero-order valence-electron chi connectivity index (χ0n) is 10.5. The van der Waals surface area contributed by atoms with E-state index in [4.69, 9.17) is 0 Å². The number of rotatable bonds is 4. The third-order valence-corrected chi connectivity index (χ3v) is 3.59. The van der Waals surface area contributed by atoms with Crippen molar-refractivity contribution in [1.29, 1.82) is 0 Å². The first kappa shape index (κ1) is 13.9. The molecule has 3 N–H and O–H groups in total. The highest BCUT2D eigenvalue weighted by Crippen LogP contribution is 2.40. The Morgan fingerprint density at radius 2 is 2.16 bits per heavy atom. The van der Waals surface area contributed by atoms with Crippen molar-refractivity contribution in [3.8, 4) is 0 Å². The summed E-state index contributed by atoms with van der Waals surface area (Å²) in [5.74, 6) is -3.96. The Morgan fingerprint density at radius 3 is 2.74 bits per heavy atom. The molecule has 1 heterocycles. The van der Waals surface area contributed by atoms with Gasteiger partial charge in [-0.15, -0.1) is 0 Å². The second-order valence-corrected chi connectivity index (χ2v) is 4.97. The predicted molar refractivity (Wildman–Crippen MR) is 63.9 cm³/mol. The van der Waals surface area contributed by atoms with Crippen LogP contribution in [0.5, 0.6) is 0 Å². The van der Waals surface area contributed by atoms with Gasteiger partial charge in [0.2, 0.25) is 0 Å². The summed E-state index contributed by atoms with van der Waals surface area (Å²) in [4.78, 5) is 11.6. The van der Waals surface area contributed by atoms with E-state index in [1.165, 1.54) is 12.4 Å². The molecule has 0 radical (unpaired) electrons. The molecule has 2 rings (SSSR count). The van der Waals surface area contributed by atoms with Gasteiger partial charge in [0.25, 0.3) is 11.8 Å². The van der Waals surface area contributed by atoms with Crippen molar-refractivity contribution in [3.05, 3.63) is 18.0 Å². The average Bonchev–Trinajstić information content (AvgIpc) is 2.91. The summed E-state index contributed by atoms with van der Waals surface area (Å²) in [6.07, 6.45) is 4.75. The van der Waals surface area contributed by atoms with Crippen LogP contribution < -0.4 is 5.32 Å². The van der Waals surface area contributed by atoms with Gasteiger partial charge in [-0.2, -0.15) is 5.10 Å². The largest absolute Gasteiger partial charge is 0.384 e. The van der Waals surface area contributed by atoms with Crippen molar-refractivity contribution >= 4 is 5.91 Å². The first-order chi connectivity index (χ1) is 8.95. The lowest BCUT2D eigenvalue weighted by molar-refractivity contribution is -0.191. The molecule has 1 aromatic heterocycles. The van der Waals surface area contributed by atoms with Crippen LogP contribution in [0.3, 0.4) is 0 Å². The average molecular weight is 273 g/mol. The van der Waals surface area contributed by atoms with E-state index in [2.05, 4.69) is 15.5 Å².